The molecule has 8 nitrogen and oxygen atoms in total. The fourth-order valence-electron chi connectivity index (χ4n) is 1.58. The largest absolute Gasteiger partial charge is 0.334 e. The van der Waals surface area contributed by atoms with Crippen LogP contribution < -0.4 is 16.7 Å². The van der Waals surface area contributed by atoms with E-state index >= 15 is 0 Å². The molecule has 10 heteroatoms. The molecule has 2 aromatic rings. The summed E-state index contributed by atoms with van der Waals surface area (Å²) in [4.78, 5) is 23.5. The Labute approximate surface area is 140 Å². The maximum Gasteiger partial charge on any atom is 0.294 e. The van der Waals surface area contributed by atoms with Gasteiger partial charge in [-0.1, -0.05) is 23.4 Å². The van der Waals surface area contributed by atoms with Crippen LogP contribution in [0.4, 0.5) is 5.69 Å². The molecule has 23 heavy (non-hydrogen) atoms. The average Bonchev–Trinajstić information content (AvgIpc) is 2.52. The summed E-state index contributed by atoms with van der Waals surface area (Å²) < 4.78 is 0.846. The van der Waals surface area contributed by atoms with Crippen LogP contribution in [0.15, 0.2) is 28.2 Å². The zero-order valence-corrected chi connectivity index (χ0v) is 13.5. The Morgan fingerprint density at radius 2 is 2.26 bits per heavy atom. The molecule has 0 saturated carbocycles. The Balaban J connectivity index is 2.01. The molecular formula is C13H11ClN6O2S. The van der Waals surface area contributed by atoms with Gasteiger partial charge in [-0.05, 0) is 25.1 Å². The molecule has 1 aromatic carbocycles. The predicted octanol–water partition coefficient (Wildman–Crippen LogP) is 0.916. The van der Waals surface area contributed by atoms with E-state index in [1.54, 1.807) is 6.07 Å². The molecule has 0 aliphatic heterocycles. The van der Waals surface area contributed by atoms with Crippen molar-refractivity contribution in [1.29, 1.82) is 5.26 Å². The highest BCUT2D eigenvalue weighted by molar-refractivity contribution is 7.99. The molecule has 1 aromatic heterocycles. The van der Waals surface area contributed by atoms with Crippen molar-refractivity contribution in [3.05, 3.63) is 44.8 Å². The number of hydrogen-bond donors (Lipinski definition) is 2. The van der Waals surface area contributed by atoms with Crippen LogP contribution in [0.25, 0.3) is 0 Å². The number of aromatic nitrogens is 3. The molecule has 1 heterocycles. The van der Waals surface area contributed by atoms with Crippen molar-refractivity contribution in [2.75, 3.05) is 16.9 Å². The summed E-state index contributed by atoms with van der Waals surface area (Å²) >= 11 is 6.86. The van der Waals surface area contributed by atoms with Gasteiger partial charge in [-0.15, -0.1) is 10.2 Å². The number of rotatable bonds is 4. The number of aryl methyl sites for hydroxylation is 1. The average molecular weight is 351 g/mol. The van der Waals surface area contributed by atoms with E-state index in [2.05, 4.69) is 15.5 Å². The standard InChI is InChI=1S/C13H11ClN6O2S/c1-7-12(22)20(16)13(19-18-7)23-6-11(21)17-9-3-2-8(5-15)10(14)4-9/h2-4H,6,16H2,1H3,(H,17,21). The lowest BCUT2D eigenvalue weighted by Crippen LogP contribution is -2.32. The van der Waals surface area contributed by atoms with Gasteiger partial charge in [-0.2, -0.15) is 9.94 Å². The number of carbonyl (C=O) groups excluding carboxylic acids is 1. The lowest BCUT2D eigenvalue weighted by atomic mass is 10.2. The van der Waals surface area contributed by atoms with Crippen LogP contribution >= 0.6 is 23.4 Å². The summed E-state index contributed by atoms with van der Waals surface area (Å²) in [5.41, 5.74) is 0.483. The Kier molecular flexibility index (Phi) is 5.20. The topological polar surface area (TPSA) is 127 Å². The number of nitriles is 1. The lowest BCUT2D eigenvalue weighted by Gasteiger charge is -2.07. The summed E-state index contributed by atoms with van der Waals surface area (Å²) in [6.07, 6.45) is 0. The van der Waals surface area contributed by atoms with Crippen LogP contribution in [-0.2, 0) is 4.79 Å². The van der Waals surface area contributed by atoms with E-state index in [1.165, 1.54) is 19.1 Å². The van der Waals surface area contributed by atoms with Gasteiger partial charge in [0.2, 0.25) is 11.1 Å². The van der Waals surface area contributed by atoms with Gasteiger partial charge in [-0.3, -0.25) is 9.59 Å². The maximum absolute atomic E-state index is 11.9. The molecule has 0 atom stereocenters. The molecule has 1 amide bonds. The van der Waals surface area contributed by atoms with E-state index in [9.17, 15) is 9.59 Å². The van der Waals surface area contributed by atoms with E-state index in [0.717, 1.165) is 16.4 Å². The Hall–Kier alpha value is -2.57. The third kappa shape index (κ3) is 4.00. The zero-order chi connectivity index (χ0) is 17.0. The fraction of sp³-hybridized carbons (Fsp3) is 0.154. The van der Waals surface area contributed by atoms with Crippen molar-refractivity contribution in [2.24, 2.45) is 0 Å². The third-order valence-corrected chi connectivity index (χ3v) is 3.98. The van der Waals surface area contributed by atoms with Gasteiger partial charge < -0.3 is 11.2 Å². The van der Waals surface area contributed by atoms with Gasteiger partial charge in [0.1, 0.15) is 11.8 Å². The Morgan fingerprint density at radius 3 is 2.91 bits per heavy atom. The summed E-state index contributed by atoms with van der Waals surface area (Å²) in [5, 5.41) is 19.2. The van der Waals surface area contributed by atoms with Crippen LogP contribution in [0.2, 0.25) is 5.02 Å². The highest BCUT2D eigenvalue weighted by Gasteiger charge is 2.11. The minimum atomic E-state index is -0.471. The number of amides is 1. The van der Waals surface area contributed by atoms with Crippen molar-refractivity contribution in [3.63, 3.8) is 0 Å². The second kappa shape index (κ2) is 7.13. The second-order valence-corrected chi connectivity index (χ2v) is 5.74. The van der Waals surface area contributed by atoms with Gasteiger partial charge in [0, 0.05) is 5.69 Å². The van der Waals surface area contributed by atoms with E-state index in [1.807, 2.05) is 6.07 Å². The number of nitrogens with one attached hydrogen (secondary N) is 1. The van der Waals surface area contributed by atoms with Crippen LogP contribution in [0.5, 0.6) is 0 Å². The maximum atomic E-state index is 11.9. The summed E-state index contributed by atoms with van der Waals surface area (Å²) in [6, 6.07) is 6.48. The summed E-state index contributed by atoms with van der Waals surface area (Å²) in [6.45, 7) is 1.49. The number of carbonyl (C=O) groups is 1. The van der Waals surface area contributed by atoms with Crippen molar-refractivity contribution < 1.29 is 4.79 Å². The van der Waals surface area contributed by atoms with Gasteiger partial charge in [0.25, 0.3) is 5.56 Å². The van der Waals surface area contributed by atoms with Gasteiger partial charge in [0.05, 0.1) is 16.3 Å². The van der Waals surface area contributed by atoms with E-state index in [0.29, 0.717) is 11.3 Å². The normalized spacial score (nSPS) is 10.1. The van der Waals surface area contributed by atoms with E-state index in [4.69, 9.17) is 22.7 Å². The SMILES string of the molecule is Cc1nnc(SCC(=O)Nc2ccc(C#N)c(Cl)c2)n(N)c1=O. The second-order valence-electron chi connectivity index (χ2n) is 4.39. The molecule has 0 spiro atoms. The molecule has 0 aliphatic carbocycles. The number of thioether (sulfide) groups is 1. The molecule has 0 bridgehead atoms. The molecule has 2 rings (SSSR count). The Bertz CT molecular complexity index is 861. The van der Waals surface area contributed by atoms with Gasteiger partial charge >= 0.3 is 0 Å². The van der Waals surface area contributed by atoms with Gasteiger partial charge in [0.15, 0.2) is 0 Å². The van der Waals surface area contributed by atoms with Crippen molar-refractivity contribution in [1.82, 2.24) is 14.9 Å². The lowest BCUT2D eigenvalue weighted by molar-refractivity contribution is -0.113. The molecule has 118 valence electrons. The first-order chi connectivity index (χ1) is 10.9. The molecule has 0 radical (unpaired) electrons. The van der Waals surface area contributed by atoms with Crippen LogP contribution in [0.3, 0.4) is 0 Å². The van der Waals surface area contributed by atoms with Gasteiger partial charge in [-0.25, -0.2) is 0 Å². The van der Waals surface area contributed by atoms with Crippen molar-refractivity contribution >= 4 is 35.0 Å². The Morgan fingerprint density at radius 1 is 1.52 bits per heavy atom. The van der Waals surface area contributed by atoms with Crippen molar-refractivity contribution in [2.45, 2.75) is 12.1 Å². The number of nitrogens with zero attached hydrogens (tertiary/aromatic N) is 4. The van der Waals surface area contributed by atoms with Crippen LogP contribution in [0.1, 0.15) is 11.3 Å². The molecule has 0 saturated heterocycles. The minimum absolute atomic E-state index is 0.0218. The number of nitrogens with two attached hydrogens (primary N) is 1. The number of hydrogen-bond acceptors (Lipinski definition) is 7. The first kappa shape index (κ1) is 16.8. The fourth-order valence-corrected chi connectivity index (χ4v) is 2.45. The first-order valence-electron chi connectivity index (χ1n) is 6.26. The highest BCUT2D eigenvalue weighted by atomic mass is 35.5. The molecule has 0 fully saturated rings. The smallest absolute Gasteiger partial charge is 0.294 e. The number of halogens is 1. The minimum Gasteiger partial charge on any atom is -0.334 e. The van der Waals surface area contributed by atoms with E-state index in [-0.39, 0.29) is 27.5 Å². The van der Waals surface area contributed by atoms with Crippen LogP contribution in [-0.4, -0.2) is 26.5 Å². The molecular weight excluding hydrogens is 340 g/mol. The quantitative estimate of drug-likeness (QED) is 0.619. The zero-order valence-electron chi connectivity index (χ0n) is 11.9. The molecule has 0 unspecified atom stereocenters. The highest BCUT2D eigenvalue weighted by Crippen LogP contribution is 2.20. The predicted molar refractivity (Wildman–Crippen MR) is 86.7 cm³/mol. The first-order valence-corrected chi connectivity index (χ1v) is 7.62. The monoisotopic (exact) mass is 350 g/mol. The number of anilines is 1. The molecule has 3 N–H and O–H groups in total. The summed E-state index contributed by atoms with van der Waals surface area (Å²) in [7, 11) is 0. The van der Waals surface area contributed by atoms with Crippen molar-refractivity contribution in [3.8, 4) is 6.07 Å². The third-order valence-electron chi connectivity index (χ3n) is 2.73. The molecule has 0 aliphatic rings. The van der Waals surface area contributed by atoms with Crippen LogP contribution in [0, 0.1) is 18.3 Å². The van der Waals surface area contributed by atoms with E-state index < -0.39 is 5.56 Å². The number of nitrogen functional groups attached to an aromatic ring is 1. The summed E-state index contributed by atoms with van der Waals surface area (Å²) in [5.74, 6) is 5.21. The number of benzene rings is 1.